The molecule has 0 spiro atoms. The zero-order valence-corrected chi connectivity index (χ0v) is 13.4. The summed E-state index contributed by atoms with van der Waals surface area (Å²) in [5.41, 5.74) is 6.26. The largest absolute Gasteiger partial charge is 0.468 e. The zero-order chi connectivity index (χ0) is 16.4. The van der Waals surface area contributed by atoms with Gasteiger partial charge in [-0.05, 0) is 30.7 Å². The summed E-state index contributed by atoms with van der Waals surface area (Å²) in [7, 11) is 0. The van der Waals surface area contributed by atoms with E-state index in [1.165, 1.54) is 0 Å². The predicted molar refractivity (Wildman–Crippen MR) is 89.2 cm³/mol. The number of nitrogens with zero attached hydrogens (tertiary/aromatic N) is 3. The van der Waals surface area contributed by atoms with Crippen molar-refractivity contribution in [1.82, 2.24) is 20.7 Å². The third-order valence-electron chi connectivity index (χ3n) is 4.65. The monoisotopic (exact) mass is 327 g/mol. The summed E-state index contributed by atoms with van der Waals surface area (Å²) < 4.78 is 5.41. The van der Waals surface area contributed by atoms with Crippen LogP contribution in [0.2, 0.25) is 0 Å². The molecule has 2 aliphatic heterocycles. The topological polar surface area (TPSA) is 73.6 Å². The number of anilines is 1. The molecule has 2 saturated heterocycles. The van der Waals surface area contributed by atoms with Gasteiger partial charge in [-0.1, -0.05) is 6.07 Å². The highest BCUT2D eigenvalue weighted by molar-refractivity contribution is 5.82. The Labute approximate surface area is 140 Å². The molecule has 0 saturated carbocycles. The summed E-state index contributed by atoms with van der Waals surface area (Å²) in [4.78, 5) is 21.2. The first-order valence-corrected chi connectivity index (χ1v) is 8.30. The molecule has 1 amide bonds. The SMILES string of the molecule is O=C(C1CC(c2ccco2)NN1)N1CCN(c2ccccn2)CC1. The lowest BCUT2D eigenvalue weighted by atomic mass is 10.1. The Balaban J connectivity index is 1.32. The Hall–Kier alpha value is -2.38. The van der Waals surface area contributed by atoms with Crippen LogP contribution >= 0.6 is 0 Å². The smallest absolute Gasteiger partial charge is 0.241 e. The molecular formula is C17H21N5O2. The fraction of sp³-hybridized carbons (Fsp3) is 0.412. The van der Waals surface area contributed by atoms with Crippen molar-refractivity contribution in [3.63, 3.8) is 0 Å². The highest BCUT2D eigenvalue weighted by Crippen LogP contribution is 2.24. The summed E-state index contributed by atoms with van der Waals surface area (Å²) in [5, 5.41) is 0. The summed E-state index contributed by atoms with van der Waals surface area (Å²) in [6.07, 6.45) is 4.16. The molecule has 2 aliphatic rings. The average Bonchev–Trinajstić information content (AvgIpc) is 3.33. The van der Waals surface area contributed by atoms with Crippen molar-refractivity contribution in [3.05, 3.63) is 48.6 Å². The van der Waals surface area contributed by atoms with Crippen LogP contribution in [0, 0.1) is 0 Å². The van der Waals surface area contributed by atoms with Gasteiger partial charge in [0.2, 0.25) is 5.91 Å². The lowest BCUT2D eigenvalue weighted by Crippen LogP contribution is -2.53. The summed E-state index contributed by atoms with van der Waals surface area (Å²) in [5.74, 6) is 1.98. The van der Waals surface area contributed by atoms with E-state index in [1.807, 2.05) is 35.2 Å². The van der Waals surface area contributed by atoms with E-state index in [0.29, 0.717) is 6.42 Å². The number of carbonyl (C=O) groups is 1. The fourth-order valence-electron chi connectivity index (χ4n) is 3.31. The Kier molecular flexibility index (Phi) is 4.18. The first-order chi connectivity index (χ1) is 11.8. The van der Waals surface area contributed by atoms with Gasteiger partial charge in [0.1, 0.15) is 17.6 Å². The number of nitrogens with one attached hydrogen (secondary N) is 2. The Morgan fingerprint density at radius 3 is 2.71 bits per heavy atom. The second kappa shape index (κ2) is 6.62. The highest BCUT2D eigenvalue weighted by Gasteiger charge is 2.35. The molecule has 0 aliphatic carbocycles. The molecule has 7 nitrogen and oxygen atoms in total. The molecule has 0 radical (unpaired) electrons. The highest BCUT2D eigenvalue weighted by atomic mass is 16.3. The van der Waals surface area contributed by atoms with Gasteiger partial charge < -0.3 is 14.2 Å². The molecule has 2 fully saturated rings. The number of carbonyl (C=O) groups excluding carboxylic acids is 1. The van der Waals surface area contributed by atoms with Crippen molar-refractivity contribution in [2.75, 3.05) is 31.1 Å². The standard InChI is InChI=1S/C17H21N5O2/c23-17(14-12-13(19-20-14)15-4-3-11-24-15)22-9-7-21(8-10-22)16-5-1-2-6-18-16/h1-6,11,13-14,19-20H,7-10,12H2. The number of rotatable bonds is 3. The van der Waals surface area contributed by atoms with E-state index in [1.54, 1.807) is 12.5 Å². The molecule has 24 heavy (non-hydrogen) atoms. The zero-order valence-electron chi connectivity index (χ0n) is 13.4. The maximum absolute atomic E-state index is 12.7. The van der Waals surface area contributed by atoms with Crippen LogP contribution in [0.4, 0.5) is 5.82 Å². The molecule has 2 atom stereocenters. The quantitative estimate of drug-likeness (QED) is 0.874. The number of amides is 1. The van der Waals surface area contributed by atoms with E-state index < -0.39 is 0 Å². The maximum Gasteiger partial charge on any atom is 0.241 e. The Morgan fingerprint density at radius 1 is 1.12 bits per heavy atom. The number of hydrogen-bond acceptors (Lipinski definition) is 6. The summed E-state index contributed by atoms with van der Waals surface area (Å²) in [6, 6.07) is 9.54. The van der Waals surface area contributed by atoms with E-state index in [-0.39, 0.29) is 18.0 Å². The van der Waals surface area contributed by atoms with E-state index in [9.17, 15) is 4.79 Å². The van der Waals surface area contributed by atoms with E-state index in [2.05, 4.69) is 20.7 Å². The minimum atomic E-state index is -0.207. The molecule has 2 unspecified atom stereocenters. The number of aromatic nitrogens is 1. The summed E-state index contributed by atoms with van der Waals surface area (Å²) >= 11 is 0. The average molecular weight is 327 g/mol. The molecule has 126 valence electrons. The minimum absolute atomic E-state index is 0.0451. The van der Waals surface area contributed by atoms with Gasteiger partial charge in [0, 0.05) is 32.4 Å². The van der Waals surface area contributed by atoms with Crippen LogP contribution in [0.1, 0.15) is 18.2 Å². The van der Waals surface area contributed by atoms with Gasteiger partial charge in [0.25, 0.3) is 0 Å². The third-order valence-corrected chi connectivity index (χ3v) is 4.65. The van der Waals surface area contributed by atoms with E-state index in [0.717, 1.165) is 37.8 Å². The van der Waals surface area contributed by atoms with Gasteiger partial charge in [-0.15, -0.1) is 0 Å². The predicted octanol–water partition coefficient (Wildman–Crippen LogP) is 0.931. The van der Waals surface area contributed by atoms with Crippen LogP contribution in [-0.4, -0.2) is 48.0 Å². The molecule has 4 heterocycles. The van der Waals surface area contributed by atoms with Crippen LogP contribution in [0.3, 0.4) is 0 Å². The number of piperazine rings is 1. The van der Waals surface area contributed by atoms with Gasteiger partial charge in [-0.25, -0.2) is 15.8 Å². The van der Waals surface area contributed by atoms with Gasteiger partial charge >= 0.3 is 0 Å². The van der Waals surface area contributed by atoms with E-state index >= 15 is 0 Å². The Morgan fingerprint density at radius 2 is 2.00 bits per heavy atom. The van der Waals surface area contributed by atoms with Gasteiger partial charge in [-0.2, -0.15) is 0 Å². The molecule has 0 bridgehead atoms. The van der Waals surface area contributed by atoms with Crippen molar-refractivity contribution in [2.45, 2.75) is 18.5 Å². The molecule has 2 aromatic rings. The number of hydrogen-bond donors (Lipinski definition) is 2. The molecule has 4 rings (SSSR count). The van der Waals surface area contributed by atoms with Gasteiger partial charge in [0.05, 0.1) is 12.3 Å². The minimum Gasteiger partial charge on any atom is -0.468 e. The van der Waals surface area contributed by atoms with Crippen molar-refractivity contribution < 1.29 is 9.21 Å². The fourth-order valence-corrected chi connectivity index (χ4v) is 3.31. The Bertz CT molecular complexity index is 668. The van der Waals surface area contributed by atoms with Crippen LogP contribution < -0.4 is 15.8 Å². The van der Waals surface area contributed by atoms with Gasteiger partial charge in [-0.3, -0.25) is 4.79 Å². The number of pyridine rings is 1. The van der Waals surface area contributed by atoms with E-state index in [4.69, 9.17) is 4.42 Å². The first kappa shape index (κ1) is 15.2. The molecule has 2 N–H and O–H groups in total. The lowest BCUT2D eigenvalue weighted by molar-refractivity contribution is -0.133. The lowest BCUT2D eigenvalue weighted by Gasteiger charge is -2.36. The molecule has 2 aromatic heterocycles. The number of furan rings is 1. The normalized spacial score (nSPS) is 24.3. The van der Waals surface area contributed by atoms with Crippen molar-refractivity contribution >= 4 is 11.7 Å². The second-order valence-corrected chi connectivity index (χ2v) is 6.15. The first-order valence-electron chi connectivity index (χ1n) is 8.30. The maximum atomic E-state index is 12.7. The van der Waals surface area contributed by atoms with Crippen LogP contribution in [0.15, 0.2) is 47.2 Å². The second-order valence-electron chi connectivity index (χ2n) is 6.15. The third kappa shape index (κ3) is 3.00. The molecular weight excluding hydrogens is 306 g/mol. The summed E-state index contributed by atoms with van der Waals surface area (Å²) in [6.45, 7) is 3.06. The molecule has 0 aromatic carbocycles. The molecule has 7 heteroatoms. The van der Waals surface area contributed by atoms with Crippen molar-refractivity contribution in [2.24, 2.45) is 0 Å². The number of hydrazine groups is 1. The van der Waals surface area contributed by atoms with Crippen molar-refractivity contribution in [1.29, 1.82) is 0 Å². The van der Waals surface area contributed by atoms with Crippen LogP contribution in [0.25, 0.3) is 0 Å². The van der Waals surface area contributed by atoms with Crippen LogP contribution in [0.5, 0.6) is 0 Å². The van der Waals surface area contributed by atoms with Crippen LogP contribution in [-0.2, 0) is 4.79 Å². The van der Waals surface area contributed by atoms with Crippen molar-refractivity contribution in [3.8, 4) is 0 Å². The van der Waals surface area contributed by atoms with Gasteiger partial charge in [0.15, 0.2) is 0 Å².